The Kier molecular flexibility index (Phi) is 9.76. The average molecular weight is 591 g/mol. The molecule has 196 valence electrons. The smallest absolute Gasteiger partial charge is 0.326 e. The van der Waals surface area contributed by atoms with Crippen molar-refractivity contribution in [2.75, 3.05) is 31.7 Å². The molecule has 0 aromatic heterocycles. The molecule has 0 atom stereocenters. The van der Waals surface area contributed by atoms with E-state index in [1.54, 1.807) is 26.0 Å². The molecule has 3 amide bonds. The van der Waals surface area contributed by atoms with Gasteiger partial charge < -0.3 is 19.5 Å². The Morgan fingerprint density at radius 2 is 1.84 bits per heavy atom. The van der Waals surface area contributed by atoms with Crippen LogP contribution in [0.25, 0.3) is 6.08 Å². The number of amides is 3. The molecule has 0 unspecified atom stereocenters. The molecular formula is C26H27BrN2O7S. The van der Waals surface area contributed by atoms with Crippen molar-refractivity contribution >= 4 is 62.5 Å². The molecule has 9 nitrogen and oxygen atoms in total. The number of esters is 1. The second kappa shape index (κ2) is 12.8. The van der Waals surface area contributed by atoms with Gasteiger partial charge in [-0.3, -0.25) is 24.1 Å². The predicted octanol–water partition coefficient (Wildman–Crippen LogP) is 5.08. The minimum atomic E-state index is -0.657. The molecular weight excluding hydrogens is 564 g/mol. The molecule has 1 saturated heterocycles. The molecule has 11 heteroatoms. The first-order valence-corrected chi connectivity index (χ1v) is 13.1. The summed E-state index contributed by atoms with van der Waals surface area (Å²) in [4.78, 5) is 50.2. The van der Waals surface area contributed by atoms with Crippen LogP contribution in [0, 0.1) is 13.8 Å². The Balaban J connectivity index is 1.75. The van der Waals surface area contributed by atoms with Gasteiger partial charge in [0.1, 0.15) is 6.54 Å². The van der Waals surface area contributed by atoms with E-state index in [1.807, 2.05) is 32.0 Å². The van der Waals surface area contributed by atoms with Crippen LogP contribution in [-0.2, 0) is 19.1 Å². The Morgan fingerprint density at radius 1 is 1.08 bits per heavy atom. The summed E-state index contributed by atoms with van der Waals surface area (Å²) in [6.45, 7) is 7.13. The zero-order valence-corrected chi connectivity index (χ0v) is 23.3. The first-order chi connectivity index (χ1) is 17.6. The summed E-state index contributed by atoms with van der Waals surface area (Å²) in [5.41, 5.74) is 3.31. The number of nitrogens with one attached hydrogen (secondary N) is 1. The normalized spacial score (nSPS) is 14.2. The van der Waals surface area contributed by atoms with Crippen LogP contribution in [0.2, 0.25) is 0 Å². The maximum Gasteiger partial charge on any atom is 0.326 e. The lowest BCUT2D eigenvalue weighted by Gasteiger charge is -2.15. The highest BCUT2D eigenvalue weighted by atomic mass is 79.9. The van der Waals surface area contributed by atoms with Gasteiger partial charge in [-0.25, -0.2) is 0 Å². The maximum absolute atomic E-state index is 12.7. The number of imide groups is 1. The standard InChI is InChI=1S/C26H27BrN2O7S/c1-5-34-20-11-17(12-21-25(32)29(26(33)37-21)13-23(31)35-6-2)10-18(27)24(20)36-14-22(30)28-19-8-7-15(3)9-16(19)4/h7-12H,5-6,13-14H2,1-4H3,(H,28,30)/b21-12-. The lowest BCUT2D eigenvalue weighted by molar-refractivity contribution is -0.146. The minimum Gasteiger partial charge on any atom is -0.490 e. The van der Waals surface area contributed by atoms with Gasteiger partial charge in [0.25, 0.3) is 17.1 Å². The van der Waals surface area contributed by atoms with E-state index in [2.05, 4.69) is 21.2 Å². The highest BCUT2D eigenvalue weighted by molar-refractivity contribution is 9.10. The predicted molar refractivity (Wildman–Crippen MR) is 145 cm³/mol. The SMILES string of the molecule is CCOC(=O)CN1C(=O)S/C(=C\c2cc(Br)c(OCC(=O)Nc3ccc(C)cc3C)c(OCC)c2)C1=O. The Bertz CT molecular complexity index is 1260. The minimum absolute atomic E-state index is 0.154. The second-order valence-electron chi connectivity index (χ2n) is 7.99. The number of halogens is 1. The van der Waals surface area contributed by atoms with Crippen molar-refractivity contribution in [3.8, 4) is 11.5 Å². The van der Waals surface area contributed by atoms with Crippen molar-refractivity contribution in [1.82, 2.24) is 4.90 Å². The van der Waals surface area contributed by atoms with Gasteiger partial charge in [-0.15, -0.1) is 0 Å². The molecule has 37 heavy (non-hydrogen) atoms. The molecule has 1 N–H and O–H groups in total. The van der Waals surface area contributed by atoms with E-state index < -0.39 is 23.7 Å². The number of hydrogen-bond donors (Lipinski definition) is 1. The average Bonchev–Trinajstić information content (AvgIpc) is 3.08. The van der Waals surface area contributed by atoms with E-state index in [0.29, 0.717) is 33.8 Å². The van der Waals surface area contributed by atoms with E-state index in [-0.39, 0.29) is 24.0 Å². The molecule has 1 aliphatic heterocycles. The third-order valence-electron chi connectivity index (χ3n) is 5.10. The van der Waals surface area contributed by atoms with E-state index in [1.165, 1.54) is 6.08 Å². The molecule has 1 aliphatic rings. The van der Waals surface area contributed by atoms with Crippen LogP contribution in [-0.4, -0.2) is 54.3 Å². The topological polar surface area (TPSA) is 111 Å². The van der Waals surface area contributed by atoms with Crippen molar-refractivity contribution in [1.29, 1.82) is 0 Å². The number of anilines is 1. The number of benzene rings is 2. The Morgan fingerprint density at radius 3 is 2.51 bits per heavy atom. The third-order valence-corrected chi connectivity index (χ3v) is 6.60. The van der Waals surface area contributed by atoms with Crippen LogP contribution in [0.15, 0.2) is 39.7 Å². The number of thioether (sulfide) groups is 1. The summed E-state index contributed by atoms with van der Waals surface area (Å²) in [5, 5.41) is 2.28. The zero-order valence-electron chi connectivity index (χ0n) is 20.9. The Hall–Kier alpha value is -3.31. The fourth-order valence-electron chi connectivity index (χ4n) is 3.48. The number of aryl methyl sites for hydroxylation is 2. The lowest BCUT2D eigenvalue weighted by Crippen LogP contribution is -2.34. The van der Waals surface area contributed by atoms with Crippen molar-refractivity contribution in [2.45, 2.75) is 27.7 Å². The third kappa shape index (κ3) is 7.36. The first kappa shape index (κ1) is 28.3. The molecule has 2 aromatic carbocycles. The molecule has 0 radical (unpaired) electrons. The van der Waals surface area contributed by atoms with Crippen LogP contribution in [0.1, 0.15) is 30.5 Å². The van der Waals surface area contributed by atoms with Gasteiger partial charge in [0.05, 0.1) is 22.6 Å². The summed E-state index contributed by atoms with van der Waals surface area (Å²) < 4.78 is 16.8. The fraction of sp³-hybridized carbons (Fsp3) is 0.308. The monoisotopic (exact) mass is 590 g/mol. The summed E-state index contributed by atoms with van der Waals surface area (Å²) in [6, 6.07) is 9.06. The van der Waals surface area contributed by atoms with E-state index in [4.69, 9.17) is 14.2 Å². The molecule has 1 heterocycles. The number of rotatable bonds is 10. The number of nitrogens with zero attached hydrogens (tertiary/aromatic N) is 1. The van der Waals surface area contributed by atoms with Gasteiger partial charge in [-0.05, 0) is 90.8 Å². The molecule has 0 saturated carbocycles. The molecule has 0 spiro atoms. The molecule has 0 bridgehead atoms. The van der Waals surface area contributed by atoms with E-state index in [9.17, 15) is 19.2 Å². The van der Waals surface area contributed by atoms with Crippen molar-refractivity contribution in [3.05, 3.63) is 56.4 Å². The summed E-state index contributed by atoms with van der Waals surface area (Å²) in [6.07, 6.45) is 1.53. The number of carbonyl (C=O) groups excluding carboxylic acids is 4. The zero-order chi connectivity index (χ0) is 27.1. The van der Waals surface area contributed by atoms with Crippen molar-refractivity contribution < 1.29 is 33.4 Å². The lowest BCUT2D eigenvalue weighted by atomic mass is 10.1. The highest BCUT2D eigenvalue weighted by Gasteiger charge is 2.36. The quantitative estimate of drug-likeness (QED) is 0.301. The summed E-state index contributed by atoms with van der Waals surface area (Å²) in [7, 11) is 0. The molecule has 3 rings (SSSR count). The van der Waals surface area contributed by atoms with Crippen molar-refractivity contribution in [3.63, 3.8) is 0 Å². The van der Waals surface area contributed by atoms with Gasteiger partial charge in [-0.1, -0.05) is 17.7 Å². The number of carbonyl (C=O) groups is 4. The second-order valence-corrected chi connectivity index (χ2v) is 9.84. The van der Waals surface area contributed by atoms with Crippen LogP contribution >= 0.6 is 27.7 Å². The van der Waals surface area contributed by atoms with Crippen molar-refractivity contribution in [2.24, 2.45) is 0 Å². The van der Waals surface area contributed by atoms with Gasteiger partial charge in [-0.2, -0.15) is 0 Å². The van der Waals surface area contributed by atoms with Crippen LogP contribution in [0.3, 0.4) is 0 Å². The fourth-order valence-corrected chi connectivity index (χ4v) is 4.89. The van der Waals surface area contributed by atoms with Gasteiger partial charge in [0.2, 0.25) is 0 Å². The molecule has 1 fully saturated rings. The Labute approximate surface area is 227 Å². The van der Waals surface area contributed by atoms with Crippen LogP contribution in [0.5, 0.6) is 11.5 Å². The first-order valence-electron chi connectivity index (χ1n) is 11.5. The van der Waals surface area contributed by atoms with Crippen LogP contribution < -0.4 is 14.8 Å². The molecule has 2 aromatic rings. The van der Waals surface area contributed by atoms with Gasteiger partial charge in [0.15, 0.2) is 18.1 Å². The molecule has 0 aliphatic carbocycles. The number of hydrogen-bond acceptors (Lipinski definition) is 8. The largest absolute Gasteiger partial charge is 0.490 e. The summed E-state index contributed by atoms with van der Waals surface area (Å²) >= 11 is 4.18. The maximum atomic E-state index is 12.7. The highest BCUT2D eigenvalue weighted by Crippen LogP contribution is 2.39. The number of ether oxygens (including phenoxy) is 3. The van der Waals surface area contributed by atoms with Gasteiger partial charge >= 0.3 is 5.97 Å². The van der Waals surface area contributed by atoms with Gasteiger partial charge in [0, 0.05) is 5.69 Å². The van der Waals surface area contributed by atoms with E-state index >= 15 is 0 Å². The van der Waals surface area contributed by atoms with E-state index in [0.717, 1.165) is 27.8 Å². The van der Waals surface area contributed by atoms with Crippen LogP contribution in [0.4, 0.5) is 10.5 Å². The summed E-state index contributed by atoms with van der Waals surface area (Å²) in [5.74, 6) is -0.893.